The van der Waals surface area contributed by atoms with E-state index in [0.717, 1.165) is 12.8 Å². The summed E-state index contributed by atoms with van der Waals surface area (Å²) in [6.45, 7) is 6.61. The molecule has 0 saturated carbocycles. The molecule has 0 heterocycles. The van der Waals surface area contributed by atoms with Gasteiger partial charge in [0.1, 0.15) is 0 Å². The van der Waals surface area contributed by atoms with Gasteiger partial charge in [0.25, 0.3) is 0 Å². The maximum absolute atomic E-state index is 12.0. The molecule has 0 aliphatic carbocycles. The second kappa shape index (κ2) is 24.7. The Morgan fingerprint density at radius 3 is 1.27 bits per heavy atom. The molecule has 1 atom stereocenters. The molecule has 0 aromatic carbocycles. The second-order valence-corrected chi connectivity index (χ2v) is 9.56. The van der Waals surface area contributed by atoms with Crippen LogP contribution in [0.3, 0.4) is 0 Å². The van der Waals surface area contributed by atoms with Crippen LogP contribution in [0.4, 0.5) is 0 Å². The Balaban J connectivity index is 3.29. The molecule has 0 aliphatic rings. The molecule has 0 rings (SSSR count). The maximum atomic E-state index is 12.0. The van der Waals surface area contributed by atoms with Crippen LogP contribution in [0.2, 0.25) is 0 Å². The lowest BCUT2D eigenvalue weighted by atomic mass is 10.0. The summed E-state index contributed by atoms with van der Waals surface area (Å²) in [5, 5.41) is 0. The van der Waals surface area contributed by atoms with Gasteiger partial charge in [0.2, 0.25) is 0 Å². The second-order valence-electron chi connectivity index (χ2n) is 9.56. The molecule has 0 radical (unpaired) electrons. The predicted octanol–water partition coefficient (Wildman–Crippen LogP) is 9.93. The van der Waals surface area contributed by atoms with Gasteiger partial charge >= 0.3 is 5.97 Å². The summed E-state index contributed by atoms with van der Waals surface area (Å²) in [7, 11) is 0. The lowest BCUT2D eigenvalue weighted by Crippen LogP contribution is -2.14. The molecule has 2 nitrogen and oxygen atoms in total. The SMILES string of the molecule is CCCCCCCCCCCCCCC(=O)OC(C)CCCCCCCCCCC. The average molecular weight is 425 g/mol. The van der Waals surface area contributed by atoms with Crippen LogP contribution >= 0.6 is 0 Å². The Hall–Kier alpha value is -0.530. The monoisotopic (exact) mass is 424 g/mol. The standard InChI is InChI=1S/C28H56O2/c1-4-6-8-10-12-14-15-16-18-20-22-24-26-28(29)30-27(3)25-23-21-19-17-13-11-9-7-5-2/h27H,4-26H2,1-3H3. The maximum Gasteiger partial charge on any atom is 0.306 e. The summed E-state index contributed by atoms with van der Waals surface area (Å²) < 4.78 is 5.58. The van der Waals surface area contributed by atoms with Crippen LogP contribution in [-0.2, 0) is 9.53 Å². The first-order valence-electron chi connectivity index (χ1n) is 13.9. The highest BCUT2D eigenvalue weighted by Crippen LogP contribution is 2.14. The Morgan fingerprint density at radius 2 is 0.867 bits per heavy atom. The van der Waals surface area contributed by atoms with Gasteiger partial charge in [0, 0.05) is 6.42 Å². The Kier molecular flexibility index (Phi) is 24.3. The van der Waals surface area contributed by atoms with Crippen molar-refractivity contribution in [2.45, 2.75) is 175 Å². The summed E-state index contributed by atoms with van der Waals surface area (Å²) in [5.41, 5.74) is 0. The van der Waals surface area contributed by atoms with Gasteiger partial charge in [-0.25, -0.2) is 0 Å². The normalized spacial score (nSPS) is 12.2. The summed E-state index contributed by atoms with van der Waals surface area (Å²) in [6, 6.07) is 0. The van der Waals surface area contributed by atoms with Gasteiger partial charge < -0.3 is 4.74 Å². The van der Waals surface area contributed by atoms with E-state index in [0.29, 0.717) is 6.42 Å². The average Bonchev–Trinajstić information content (AvgIpc) is 2.73. The number of hydrogen-bond donors (Lipinski definition) is 0. The van der Waals surface area contributed by atoms with Gasteiger partial charge in [0.05, 0.1) is 6.10 Å². The molecule has 0 saturated heterocycles. The molecule has 30 heavy (non-hydrogen) atoms. The molecule has 0 spiro atoms. The number of ether oxygens (including phenoxy) is 1. The van der Waals surface area contributed by atoms with Crippen molar-refractivity contribution in [2.75, 3.05) is 0 Å². The van der Waals surface area contributed by atoms with Crippen LogP contribution in [0.25, 0.3) is 0 Å². The highest BCUT2D eigenvalue weighted by Gasteiger charge is 2.09. The first kappa shape index (κ1) is 29.5. The van der Waals surface area contributed by atoms with E-state index in [1.807, 2.05) is 0 Å². The third kappa shape index (κ3) is 23.7. The third-order valence-electron chi connectivity index (χ3n) is 6.28. The fraction of sp³-hybridized carbons (Fsp3) is 0.964. The van der Waals surface area contributed by atoms with Crippen molar-refractivity contribution in [3.05, 3.63) is 0 Å². The van der Waals surface area contributed by atoms with Gasteiger partial charge in [-0.2, -0.15) is 0 Å². The molecular formula is C28H56O2. The van der Waals surface area contributed by atoms with Gasteiger partial charge in [-0.15, -0.1) is 0 Å². The molecule has 0 fully saturated rings. The fourth-order valence-electron chi connectivity index (χ4n) is 4.20. The molecule has 0 amide bonds. The minimum Gasteiger partial charge on any atom is -0.463 e. The molecule has 0 bridgehead atoms. The lowest BCUT2D eigenvalue weighted by molar-refractivity contribution is -0.148. The van der Waals surface area contributed by atoms with Gasteiger partial charge in [-0.1, -0.05) is 136 Å². The van der Waals surface area contributed by atoms with E-state index >= 15 is 0 Å². The van der Waals surface area contributed by atoms with Crippen LogP contribution < -0.4 is 0 Å². The van der Waals surface area contributed by atoms with Crippen molar-refractivity contribution in [1.82, 2.24) is 0 Å². The number of carbonyl (C=O) groups excluding carboxylic acids is 1. The van der Waals surface area contributed by atoms with E-state index in [2.05, 4.69) is 20.8 Å². The minimum absolute atomic E-state index is 0.0190. The van der Waals surface area contributed by atoms with Gasteiger partial charge in [0.15, 0.2) is 0 Å². The zero-order valence-corrected chi connectivity index (χ0v) is 21.2. The van der Waals surface area contributed by atoms with Gasteiger partial charge in [-0.05, 0) is 26.2 Å². The minimum atomic E-state index is 0.0190. The molecule has 0 aromatic rings. The van der Waals surface area contributed by atoms with Crippen LogP contribution in [-0.4, -0.2) is 12.1 Å². The first-order valence-corrected chi connectivity index (χ1v) is 13.9. The van der Waals surface area contributed by atoms with Crippen LogP contribution in [0.1, 0.15) is 168 Å². The number of carbonyl (C=O) groups is 1. The molecule has 180 valence electrons. The summed E-state index contributed by atoms with van der Waals surface area (Å²) in [5.74, 6) is 0.0190. The van der Waals surface area contributed by atoms with Crippen molar-refractivity contribution in [2.24, 2.45) is 0 Å². The van der Waals surface area contributed by atoms with Crippen molar-refractivity contribution in [1.29, 1.82) is 0 Å². The van der Waals surface area contributed by atoms with Crippen molar-refractivity contribution in [3.63, 3.8) is 0 Å². The van der Waals surface area contributed by atoms with E-state index < -0.39 is 0 Å². The Bertz CT molecular complexity index is 340. The topological polar surface area (TPSA) is 26.3 Å². The van der Waals surface area contributed by atoms with Crippen LogP contribution in [0.15, 0.2) is 0 Å². The van der Waals surface area contributed by atoms with E-state index in [9.17, 15) is 4.79 Å². The van der Waals surface area contributed by atoms with E-state index in [1.165, 1.54) is 128 Å². The van der Waals surface area contributed by atoms with Crippen LogP contribution in [0.5, 0.6) is 0 Å². The molecular weight excluding hydrogens is 368 g/mol. The number of rotatable bonds is 24. The largest absolute Gasteiger partial charge is 0.463 e. The zero-order chi connectivity index (χ0) is 22.1. The van der Waals surface area contributed by atoms with Crippen LogP contribution in [0, 0.1) is 0 Å². The van der Waals surface area contributed by atoms with Gasteiger partial charge in [-0.3, -0.25) is 4.79 Å². The number of unbranched alkanes of at least 4 members (excludes halogenated alkanes) is 19. The highest BCUT2D eigenvalue weighted by atomic mass is 16.5. The summed E-state index contributed by atoms with van der Waals surface area (Å²) >= 11 is 0. The predicted molar refractivity (Wildman–Crippen MR) is 133 cm³/mol. The highest BCUT2D eigenvalue weighted by molar-refractivity contribution is 5.69. The third-order valence-corrected chi connectivity index (χ3v) is 6.28. The smallest absolute Gasteiger partial charge is 0.306 e. The Morgan fingerprint density at radius 1 is 0.533 bits per heavy atom. The molecule has 0 N–H and O–H groups in total. The number of hydrogen-bond acceptors (Lipinski definition) is 2. The summed E-state index contributed by atoms with van der Waals surface area (Å²) in [4.78, 5) is 12.0. The van der Waals surface area contributed by atoms with E-state index in [1.54, 1.807) is 0 Å². The fourth-order valence-corrected chi connectivity index (χ4v) is 4.20. The molecule has 0 aliphatic heterocycles. The number of esters is 1. The Labute approximate surface area is 190 Å². The first-order chi connectivity index (χ1) is 14.7. The molecule has 2 heteroatoms. The van der Waals surface area contributed by atoms with Crippen molar-refractivity contribution in [3.8, 4) is 0 Å². The van der Waals surface area contributed by atoms with Crippen molar-refractivity contribution >= 4 is 5.97 Å². The molecule has 0 aromatic heterocycles. The zero-order valence-electron chi connectivity index (χ0n) is 21.2. The summed E-state index contributed by atoms with van der Waals surface area (Å²) in [6.07, 6.45) is 29.8. The quantitative estimate of drug-likeness (QED) is 0.114. The van der Waals surface area contributed by atoms with Crippen molar-refractivity contribution < 1.29 is 9.53 Å². The lowest BCUT2D eigenvalue weighted by Gasteiger charge is -2.13. The van der Waals surface area contributed by atoms with E-state index in [4.69, 9.17) is 4.74 Å². The van der Waals surface area contributed by atoms with E-state index in [-0.39, 0.29) is 12.1 Å². The molecule has 1 unspecified atom stereocenters.